The smallest absolute Gasteiger partial charge is 0.257 e. The van der Waals surface area contributed by atoms with E-state index in [-0.39, 0.29) is 23.9 Å². The predicted octanol–water partition coefficient (Wildman–Crippen LogP) is 3.24. The number of amides is 2. The van der Waals surface area contributed by atoms with Crippen LogP contribution in [-0.4, -0.2) is 23.3 Å². The van der Waals surface area contributed by atoms with Crippen LogP contribution in [0.1, 0.15) is 10.4 Å². The number of anilines is 1. The Morgan fingerprint density at radius 3 is 2.31 bits per heavy atom. The van der Waals surface area contributed by atoms with Crippen molar-refractivity contribution >= 4 is 17.5 Å². The molecule has 0 aliphatic heterocycles. The Bertz CT molecular complexity index is 883. The number of rotatable bonds is 6. The number of nitrogens with one attached hydrogen (secondary N) is 2. The topological polar surface area (TPSA) is 80.3 Å². The van der Waals surface area contributed by atoms with Gasteiger partial charge in [-0.05, 0) is 36.4 Å². The molecule has 1 aromatic heterocycles. The maximum atomic E-state index is 12.4. The molecule has 0 spiro atoms. The summed E-state index contributed by atoms with van der Waals surface area (Å²) in [5, 5.41) is 5.28. The average Bonchev–Trinajstić information content (AvgIpc) is 2.68. The van der Waals surface area contributed by atoms with E-state index in [9.17, 15) is 9.59 Å². The molecular weight excluding hydrogens is 330 g/mol. The lowest BCUT2D eigenvalue weighted by atomic mass is 10.2. The number of benzene rings is 2. The molecule has 0 radical (unpaired) electrons. The van der Waals surface area contributed by atoms with E-state index in [2.05, 4.69) is 15.6 Å². The zero-order valence-corrected chi connectivity index (χ0v) is 13.9. The number of para-hydroxylation sites is 2. The first-order valence-corrected chi connectivity index (χ1v) is 8.03. The molecule has 0 bridgehead atoms. The monoisotopic (exact) mass is 347 g/mol. The molecule has 2 amide bonds. The van der Waals surface area contributed by atoms with Crippen LogP contribution < -0.4 is 15.4 Å². The van der Waals surface area contributed by atoms with Crippen molar-refractivity contribution < 1.29 is 14.3 Å². The fourth-order valence-electron chi connectivity index (χ4n) is 2.23. The third kappa shape index (κ3) is 4.67. The zero-order valence-electron chi connectivity index (χ0n) is 13.9. The number of hydrogen-bond acceptors (Lipinski definition) is 4. The minimum absolute atomic E-state index is 0.159. The van der Waals surface area contributed by atoms with Gasteiger partial charge in [0.25, 0.3) is 5.91 Å². The number of pyridine rings is 1. The van der Waals surface area contributed by atoms with E-state index in [0.717, 1.165) is 0 Å². The van der Waals surface area contributed by atoms with Crippen LogP contribution in [-0.2, 0) is 4.79 Å². The number of nitrogens with zero attached hydrogens (tertiary/aromatic N) is 1. The van der Waals surface area contributed by atoms with E-state index in [1.165, 1.54) is 6.20 Å². The third-order valence-electron chi connectivity index (χ3n) is 3.44. The van der Waals surface area contributed by atoms with Crippen LogP contribution in [0.5, 0.6) is 11.6 Å². The Labute approximate surface area is 150 Å². The summed E-state index contributed by atoms with van der Waals surface area (Å²) >= 11 is 0. The predicted molar refractivity (Wildman–Crippen MR) is 98.2 cm³/mol. The molecule has 1 heterocycles. The van der Waals surface area contributed by atoms with Gasteiger partial charge in [-0.25, -0.2) is 4.98 Å². The zero-order chi connectivity index (χ0) is 18.2. The number of ether oxygens (including phenoxy) is 1. The minimum Gasteiger partial charge on any atom is -0.438 e. The molecular formula is C20H17N3O3. The van der Waals surface area contributed by atoms with Gasteiger partial charge in [0.15, 0.2) is 0 Å². The number of hydrogen-bond donors (Lipinski definition) is 2. The van der Waals surface area contributed by atoms with Crippen molar-refractivity contribution in [2.24, 2.45) is 0 Å². The summed E-state index contributed by atoms with van der Waals surface area (Å²) in [6.07, 6.45) is 1.54. The van der Waals surface area contributed by atoms with Crippen LogP contribution in [0.4, 0.5) is 5.69 Å². The SMILES string of the molecule is O=C(CNC(=O)c1cccnc1Oc1ccccc1)Nc1ccccc1. The van der Waals surface area contributed by atoms with Crippen LogP contribution in [0.3, 0.4) is 0 Å². The number of carbonyl (C=O) groups excluding carboxylic acids is 2. The van der Waals surface area contributed by atoms with Gasteiger partial charge in [0.1, 0.15) is 11.3 Å². The maximum Gasteiger partial charge on any atom is 0.257 e. The van der Waals surface area contributed by atoms with Gasteiger partial charge in [-0.2, -0.15) is 0 Å². The van der Waals surface area contributed by atoms with Crippen LogP contribution in [0.25, 0.3) is 0 Å². The Morgan fingerprint density at radius 2 is 1.58 bits per heavy atom. The molecule has 26 heavy (non-hydrogen) atoms. The molecule has 0 atom stereocenters. The van der Waals surface area contributed by atoms with E-state index in [4.69, 9.17) is 4.74 Å². The van der Waals surface area contributed by atoms with E-state index in [0.29, 0.717) is 11.4 Å². The average molecular weight is 347 g/mol. The van der Waals surface area contributed by atoms with Gasteiger partial charge in [-0.3, -0.25) is 9.59 Å². The molecule has 3 rings (SSSR count). The summed E-state index contributed by atoms with van der Waals surface area (Å²) in [5.74, 6) is -0.00653. The maximum absolute atomic E-state index is 12.4. The lowest BCUT2D eigenvalue weighted by molar-refractivity contribution is -0.115. The van der Waals surface area contributed by atoms with E-state index >= 15 is 0 Å². The van der Waals surface area contributed by atoms with Gasteiger partial charge in [0.2, 0.25) is 11.8 Å². The summed E-state index contributed by atoms with van der Waals surface area (Å²) in [6.45, 7) is -0.159. The van der Waals surface area contributed by atoms with Gasteiger partial charge in [-0.1, -0.05) is 36.4 Å². The molecule has 2 aromatic carbocycles. The normalized spacial score (nSPS) is 10.0. The second-order valence-electron chi connectivity index (χ2n) is 5.37. The molecule has 6 heteroatoms. The minimum atomic E-state index is -0.438. The standard InChI is InChI=1S/C20H17N3O3/c24-18(23-15-8-3-1-4-9-15)14-22-19(25)17-12-7-13-21-20(17)26-16-10-5-2-6-11-16/h1-13H,14H2,(H,22,25)(H,23,24). The first-order valence-electron chi connectivity index (χ1n) is 8.03. The van der Waals surface area contributed by atoms with Gasteiger partial charge in [0.05, 0.1) is 6.54 Å². The first-order chi connectivity index (χ1) is 12.7. The number of carbonyl (C=O) groups is 2. The molecule has 0 fully saturated rings. The highest BCUT2D eigenvalue weighted by Gasteiger charge is 2.15. The molecule has 3 aromatic rings. The van der Waals surface area contributed by atoms with Crippen LogP contribution in [0, 0.1) is 0 Å². The van der Waals surface area contributed by atoms with Crippen molar-refractivity contribution in [2.75, 3.05) is 11.9 Å². The van der Waals surface area contributed by atoms with Gasteiger partial charge >= 0.3 is 0 Å². The molecule has 0 aliphatic carbocycles. The molecule has 2 N–H and O–H groups in total. The molecule has 0 aliphatic rings. The first kappa shape index (κ1) is 17.2. The summed E-state index contributed by atoms with van der Waals surface area (Å²) in [7, 11) is 0. The quantitative estimate of drug-likeness (QED) is 0.717. The summed E-state index contributed by atoms with van der Waals surface area (Å²) < 4.78 is 5.66. The van der Waals surface area contributed by atoms with Crippen molar-refractivity contribution in [1.82, 2.24) is 10.3 Å². The summed E-state index contributed by atoms with van der Waals surface area (Å²) in [5.41, 5.74) is 0.921. The summed E-state index contributed by atoms with van der Waals surface area (Å²) in [6, 6.07) is 21.3. The number of aromatic nitrogens is 1. The van der Waals surface area contributed by atoms with Crippen molar-refractivity contribution in [3.63, 3.8) is 0 Å². The third-order valence-corrected chi connectivity index (χ3v) is 3.44. The lowest BCUT2D eigenvalue weighted by Crippen LogP contribution is -2.33. The fraction of sp³-hybridized carbons (Fsp3) is 0.0500. The van der Waals surface area contributed by atoms with Crippen LogP contribution in [0.2, 0.25) is 0 Å². The highest BCUT2D eigenvalue weighted by Crippen LogP contribution is 2.22. The van der Waals surface area contributed by atoms with E-state index in [1.807, 2.05) is 36.4 Å². The largest absolute Gasteiger partial charge is 0.438 e. The van der Waals surface area contributed by atoms with Crippen molar-refractivity contribution in [2.45, 2.75) is 0 Å². The van der Waals surface area contributed by atoms with Crippen molar-refractivity contribution in [3.8, 4) is 11.6 Å². The van der Waals surface area contributed by atoms with Crippen LogP contribution in [0.15, 0.2) is 79.0 Å². The second kappa shape index (κ2) is 8.43. The molecule has 0 saturated heterocycles. The molecule has 6 nitrogen and oxygen atoms in total. The second-order valence-corrected chi connectivity index (χ2v) is 5.37. The van der Waals surface area contributed by atoms with Crippen LogP contribution >= 0.6 is 0 Å². The van der Waals surface area contributed by atoms with E-state index in [1.54, 1.807) is 36.4 Å². The highest BCUT2D eigenvalue weighted by atomic mass is 16.5. The Morgan fingerprint density at radius 1 is 0.885 bits per heavy atom. The Balaban J connectivity index is 1.62. The Hall–Kier alpha value is -3.67. The molecule has 0 unspecified atom stereocenters. The fourth-order valence-corrected chi connectivity index (χ4v) is 2.23. The van der Waals surface area contributed by atoms with E-state index < -0.39 is 5.91 Å². The highest BCUT2D eigenvalue weighted by molar-refractivity contribution is 6.00. The Kier molecular flexibility index (Phi) is 5.57. The summed E-state index contributed by atoms with van der Waals surface area (Å²) in [4.78, 5) is 28.5. The molecule has 0 saturated carbocycles. The van der Waals surface area contributed by atoms with Gasteiger partial charge in [0, 0.05) is 11.9 Å². The van der Waals surface area contributed by atoms with Crippen molar-refractivity contribution in [3.05, 3.63) is 84.6 Å². The lowest BCUT2D eigenvalue weighted by Gasteiger charge is -2.10. The molecule has 130 valence electrons. The van der Waals surface area contributed by atoms with Gasteiger partial charge < -0.3 is 15.4 Å². The van der Waals surface area contributed by atoms with Crippen molar-refractivity contribution in [1.29, 1.82) is 0 Å². The van der Waals surface area contributed by atoms with Gasteiger partial charge in [-0.15, -0.1) is 0 Å².